The molecule has 0 aromatic carbocycles. The maximum absolute atomic E-state index is 11.7. The number of nitrogens with one attached hydrogen (secondary N) is 2. The molecule has 41 heavy (non-hydrogen) atoms. The third-order valence-corrected chi connectivity index (χ3v) is 8.49. The van der Waals surface area contributed by atoms with E-state index in [-0.39, 0.29) is 19.2 Å². The van der Waals surface area contributed by atoms with E-state index in [1.807, 2.05) is 0 Å². The molecule has 3 fully saturated rings. The molecule has 3 rings (SSSR count). The van der Waals surface area contributed by atoms with Gasteiger partial charge in [0, 0.05) is 50.2 Å². The van der Waals surface area contributed by atoms with Gasteiger partial charge in [0.1, 0.15) is 24.4 Å². The molecule has 3 unspecified atom stereocenters. The number of aliphatic hydroxyl groups is 6. The van der Waals surface area contributed by atoms with Crippen molar-refractivity contribution >= 4 is 0 Å². The zero-order valence-electron chi connectivity index (χ0n) is 23.5. The molecule has 2 heterocycles. The topological polar surface area (TPSA) is 303 Å². The fourth-order valence-corrected chi connectivity index (χ4v) is 6.03. The Morgan fingerprint density at radius 3 is 2.29 bits per heavy atom. The summed E-state index contributed by atoms with van der Waals surface area (Å²) in [6.45, 7) is 0.774. The van der Waals surface area contributed by atoms with Gasteiger partial charge in [-0.2, -0.15) is 0 Å². The third kappa shape index (κ3) is 8.95. The highest BCUT2D eigenvalue weighted by Gasteiger charge is 2.52. The van der Waals surface area contributed by atoms with Crippen LogP contribution < -0.4 is 39.3 Å². The van der Waals surface area contributed by atoms with E-state index < -0.39 is 91.8 Å². The average molecular weight is 596 g/mol. The first-order chi connectivity index (χ1) is 19.5. The molecule has 18 N–H and O–H groups in total. The van der Waals surface area contributed by atoms with Gasteiger partial charge in [-0.3, -0.25) is 0 Å². The van der Waals surface area contributed by atoms with Crippen molar-refractivity contribution < 1.29 is 44.8 Å². The minimum absolute atomic E-state index is 0.0152. The van der Waals surface area contributed by atoms with E-state index in [4.69, 9.17) is 42.9 Å². The van der Waals surface area contributed by atoms with Crippen LogP contribution in [0.15, 0.2) is 0 Å². The highest BCUT2D eigenvalue weighted by atomic mass is 16.7. The standard InChI is InChI=1S/C25H53N7O9/c26-4-3-11(34)7-31-9-13-1-2-14(28)23(39-13)18-15(29)5-16(32-8-12(35)6-27)24(21(18)37)41-25-22(38)19(30)20(36)17(10-33)40-25/h11-25,31-38H,1-10,26-30H2/t11?,12?,13-,14+,15-,16+,17+,18?,19-,20+,21-,22+,23-,24-,25+/m0/s1. The summed E-state index contributed by atoms with van der Waals surface area (Å²) in [6.07, 6.45) is -7.70. The van der Waals surface area contributed by atoms with E-state index in [1.54, 1.807) is 0 Å². The Balaban J connectivity index is 1.76. The minimum Gasteiger partial charge on any atom is -0.394 e. The molecule has 3 aliphatic rings. The normalized spacial score (nSPS) is 43.5. The largest absolute Gasteiger partial charge is 0.394 e. The smallest absolute Gasteiger partial charge is 0.186 e. The van der Waals surface area contributed by atoms with Gasteiger partial charge in [-0.1, -0.05) is 0 Å². The minimum atomic E-state index is -1.46. The van der Waals surface area contributed by atoms with Gasteiger partial charge in [0.15, 0.2) is 6.29 Å². The first kappa shape index (κ1) is 34.8. The fraction of sp³-hybridized carbons (Fsp3) is 1.00. The number of nitrogens with two attached hydrogens (primary N) is 5. The summed E-state index contributed by atoms with van der Waals surface area (Å²) in [4.78, 5) is 0. The Labute approximate surface area is 240 Å². The van der Waals surface area contributed by atoms with Crippen molar-refractivity contribution in [3.05, 3.63) is 0 Å². The number of rotatable bonds is 14. The lowest BCUT2D eigenvalue weighted by atomic mass is 9.72. The first-order valence-corrected chi connectivity index (χ1v) is 14.6. The Hall–Kier alpha value is -0.640. The monoisotopic (exact) mass is 595 g/mol. The van der Waals surface area contributed by atoms with Crippen molar-refractivity contribution in [3.8, 4) is 0 Å². The molecule has 0 spiro atoms. The van der Waals surface area contributed by atoms with Gasteiger partial charge in [0.05, 0.1) is 43.2 Å². The molecule has 0 aromatic rings. The molecule has 0 radical (unpaired) electrons. The van der Waals surface area contributed by atoms with Gasteiger partial charge in [0.25, 0.3) is 0 Å². The molecular formula is C25H53N7O9. The Morgan fingerprint density at radius 2 is 1.63 bits per heavy atom. The van der Waals surface area contributed by atoms with E-state index in [1.165, 1.54) is 0 Å². The molecule has 1 saturated carbocycles. The molecule has 1 aliphatic carbocycles. The Kier molecular flexibility index (Phi) is 14.0. The van der Waals surface area contributed by atoms with Gasteiger partial charge >= 0.3 is 0 Å². The van der Waals surface area contributed by atoms with Crippen molar-refractivity contribution in [1.29, 1.82) is 0 Å². The molecule has 2 aliphatic heterocycles. The Morgan fingerprint density at radius 1 is 0.902 bits per heavy atom. The fourth-order valence-electron chi connectivity index (χ4n) is 6.03. The van der Waals surface area contributed by atoms with Crippen LogP contribution in [-0.2, 0) is 14.2 Å². The molecule has 0 bridgehead atoms. The summed E-state index contributed by atoms with van der Waals surface area (Å²) < 4.78 is 18.1. The summed E-state index contributed by atoms with van der Waals surface area (Å²) in [7, 11) is 0. The number of ether oxygens (including phenoxy) is 3. The quantitative estimate of drug-likeness (QED) is 0.0887. The van der Waals surface area contributed by atoms with Crippen molar-refractivity contribution in [3.63, 3.8) is 0 Å². The molecular weight excluding hydrogens is 542 g/mol. The highest BCUT2D eigenvalue weighted by Crippen LogP contribution is 2.36. The van der Waals surface area contributed by atoms with Crippen molar-refractivity contribution in [2.45, 2.75) is 111 Å². The van der Waals surface area contributed by atoms with Crippen LogP contribution in [0.3, 0.4) is 0 Å². The molecule has 16 heteroatoms. The summed E-state index contributed by atoms with van der Waals surface area (Å²) in [6, 6.07) is -2.74. The number of aliphatic hydroxyl groups excluding tert-OH is 6. The van der Waals surface area contributed by atoms with Crippen LogP contribution >= 0.6 is 0 Å². The van der Waals surface area contributed by atoms with E-state index in [0.29, 0.717) is 45.3 Å². The average Bonchev–Trinajstić information content (AvgIpc) is 2.94. The second kappa shape index (κ2) is 16.4. The van der Waals surface area contributed by atoms with Crippen molar-refractivity contribution in [1.82, 2.24) is 10.6 Å². The zero-order chi connectivity index (χ0) is 30.3. The SMILES string of the molecule is NCCC(O)CNC[C@@H]1CC[C@@H](N)[C@@H](C2[C@@H](N)C[C@@H](NCC(O)CN)[C@H](O[C@H]3O[C@H](CO)[C@@H](O)[C@H](N)[C@H]3O)[C@H]2O)O1. The van der Waals surface area contributed by atoms with Gasteiger partial charge in [-0.05, 0) is 32.2 Å². The molecule has 16 nitrogen and oxygen atoms in total. The molecule has 15 atom stereocenters. The predicted molar refractivity (Wildman–Crippen MR) is 148 cm³/mol. The lowest BCUT2D eigenvalue weighted by molar-refractivity contribution is -0.306. The number of hydrogen-bond acceptors (Lipinski definition) is 16. The van der Waals surface area contributed by atoms with E-state index in [2.05, 4.69) is 10.6 Å². The van der Waals surface area contributed by atoms with Crippen LogP contribution in [0.1, 0.15) is 25.7 Å². The third-order valence-electron chi connectivity index (χ3n) is 8.49. The molecule has 242 valence electrons. The van der Waals surface area contributed by atoms with E-state index in [9.17, 15) is 30.6 Å². The van der Waals surface area contributed by atoms with Crippen LogP contribution in [0.4, 0.5) is 0 Å². The molecule has 0 aromatic heterocycles. The van der Waals surface area contributed by atoms with Crippen LogP contribution in [0, 0.1) is 5.92 Å². The zero-order valence-corrected chi connectivity index (χ0v) is 23.5. The van der Waals surface area contributed by atoms with Crippen LogP contribution in [-0.4, -0.2) is 155 Å². The van der Waals surface area contributed by atoms with Gasteiger partial charge < -0.3 is 84.2 Å². The summed E-state index contributed by atoms with van der Waals surface area (Å²) >= 11 is 0. The second-order valence-electron chi connectivity index (χ2n) is 11.6. The lowest BCUT2D eigenvalue weighted by Crippen LogP contribution is -2.69. The second-order valence-corrected chi connectivity index (χ2v) is 11.6. The lowest BCUT2D eigenvalue weighted by Gasteiger charge is -2.51. The number of hydrogen-bond donors (Lipinski definition) is 13. The first-order valence-electron chi connectivity index (χ1n) is 14.6. The maximum atomic E-state index is 11.7. The Bertz CT molecular complexity index is 762. The van der Waals surface area contributed by atoms with Crippen LogP contribution in [0.2, 0.25) is 0 Å². The van der Waals surface area contributed by atoms with Crippen molar-refractivity contribution in [2.24, 2.45) is 34.6 Å². The van der Waals surface area contributed by atoms with Gasteiger partial charge in [-0.15, -0.1) is 0 Å². The van der Waals surface area contributed by atoms with Crippen molar-refractivity contribution in [2.75, 3.05) is 39.3 Å². The maximum Gasteiger partial charge on any atom is 0.186 e. The summed E-state index contributed by atoms with van der Waals surface area (Å²) in [5, 5.41) is 68.6. The molecule has 2 saturated heterocycles. The van der Waals surface area contributed by atoms with Crippen LogP contribution in [0.5, 0.6) is 0 Å². The summed E-state index contributed by atoms with van der Waals surface area (Å²) in [5.74, 6) is -0.660. The predicted octanol–water partition coefficient (Wildman–Crippen LogP) is -6.70. The summed E-state index contributed by atoms with van der Waals surface area (Å²) in [5.41, 5.74) is 30.1. The van der Waals surface area contributed by atoms with E-state index in [0.717, 1.165) is 0 Å². The van der Waals surface area contributed by atoms with Crippen LogP contribution in [0.25, 0.3) is 0 Å². The van der Waals surface area contributed by atoms with E-state index >= 15 is 0 Å². The highest BCUT2D eigenvalue weighted by molar-refractivity contribution is 5.05. The van der Waals surface area contributed by atoms with Gasteiger partial charge in [0.2, 0.25) is 0 Å². The van der Waals surface area contributed by atoms with Gasteiger partial charge in [-0.25, -0.2) is 0 Å². The molecule has 0 amide bonds.